The van der Waals surface area contributed by atoms with E-state index in [4.69, 9.17) is 10.5 Å². The average molecular weight is 484 g/mol. The molecule has 0 fully saturated rings. The van der Waals surface area contributed by atoms with Gasteiger partial charge in [-0.05, 0) is 24.6 Å². The number of aromatic nitrogens is 2. The van der Waals surface area contributed by atoms with E-state index in [0.717, 1.165) is 14.7 Å². The lowest BCUT2D eigenvalue weighted by molar-refractivity contribution is 0.0470. The van der Waals surface area contributed by atoms with Crippen molar-refractivity contribution in [1.82, 2.24) is 9.13 Å². The van der Waals surface area contributed by atoms with Gasteiger partial charge in [0, 0.05) is 12.3 Å². The van der Waals surface area contributed by atoms with Gasteiger partial charge in [0.2, 0.25) is 5.78 Å². The number of benzene rings is 2. The number of ether oxygens (including phenoxy) is 1. The molecule has 178 valence electrons. The third-order valence-electron chi connectivity index (χ3n) is 5.20. The van der Waals surface area contributed by atoms with Crippen LogP contribution in [-0.2, 0) is 28.6 Å². The van der Waals surface area contributed by atoms with Crippen molar-refractivity contribution in [3.63, 3.8) is 0 Å². The monoisotopic (exact) mass is 483 g/mol. The molecule has 3 aromatic rings. The highest BCUT2D eigenvalue weighted by Crippen LogP contribution is 2.16. The molecule has 0 saturated heterocycles. The van der Waals surface area contributed by atoms with E-state index < -0.39 is 46.0 Å². The van der Waals surface area contributed by atoms with E-state index in [1.807, 2.05) is 6.07 Å². The Kier molecular flexibility index (Phi) is 7.95. The fourth-order valence-corrected chi connectivity index (χ4v) is 4.38. The first-order valence-electron chi connectivity index (χ1n) is 10.6. The first kappa shape index (κ1) is 24.8. The number of anilines is 1. The number of rotatable bonds is 9. The van der Waals surface area contributed by atoms with Crippen LogP contribution in [0.15, 0.2) is 69.1 Å². The number of nitrogens with two attached hydrogens (primary N) is 1. The van der Waals surface area contributed by atoms with Crippen LogP contribution >= 0.6 is 0 Å². The van der Waals surface area contributed by atoms with Crippen molar-refractivity contribution in [2.45, 2.75) is 31.8 Å². The predicted molar refractivity (Wildman–Crippen MR) is 129 cm³/mol. The molecule has 0 aliphatic carbocycles. The zero-order chi connectivity index (χ0) is 24.8. The number of hydrogen-bond donors (Lipinski definition) is 1. The molecule has 3 rings (SSSR count). The molecular weight excluding hydrogens is 458 g/mol. The minimum atomic E-state index is -1.41. The maximum Gasteiger partial charge on any atom is 0.339 e. The molecule has 0 spiro atoms. The van der Waals surface area contributed by atoms with E-state index in [9.17, 15) is 23.4 Å². The van der Waals surface area contributed by atoms with Gasteiger partial charge in [-0.15, -0.1) is 0 Å². The number of hydrogen-bond acceptors (Lipinski definition) is 7. The van der Waals surface area contributed by atoms with Crippen LogP contribution in [0.1, 0.15) is 40.1 Å². The van der Waals surface area contributed by atoms with Crippen molar-refractivity contribution in [1.29, 1.82) is 0 Å². The molecule has 0 aliphatic rings. The molecule has 0 bridgehead atoms. The maximum absolute atomic E-state index is 12.9. The van der Waals surface area contributed by atoms with Crippen molar-refractivity contribution in [3.8, 4) is 0 Å². The van der Waals surface area contributed by atoms with Crippen LogP contribution < -0.4 is 17.0 Å². The largest absolute Gasteiger partial charge is 0.454 e. The molecule has 34 heavy (non-hydrogen) atoms. The third kappa shape index (κ3) is 5.07. The summed E-state index contributed by atoms with van der Waals surface area (Å²) in [5.74, 6) is -1.68. The minimum absolute atomic E-state index is 0.0308. The molecule has 2 aromatic carbocycles. The van der Waals surface area contributed by atoms with Crippen LogP contribution in [0.4, 0.5) is 5.82 Å². The van der Waals surface area contributed by atoms with Gasteiger partial charge in [0.15, 0.2) is 6.61 Å². The Labute approximate surface area is 198 Å². The lowest BCUT2D eigenvalue weighted by Gasteiger charge is -2.16. The highest BCUT2D eigenvalue weighted by molar-refractivity contribution is 7.85. The molecule has 0 saturated carbocycles. The number of esters is 1. The second-order valence-electron chi connectivity index (χ2n) is 7.29. The van der Waals surface area contributed by atoms with Gasteiger partial charge >= 0.3 is 11.7 Å². The van der Waals surface area contributed by atoms with Gasteiger partial charge in [-0.1, -0.05) is 49.4 Å². The highest BCUT2D eigenvalue weighted by Gasteiger charge is 2.24. The number of ketones is 1. The zero-order valence-corrected chi connectivity index (χ0v) is 19.7. The number of Topliss-reactive ketones (excluding diaryl/α,β-unsaturated/α-hetero) is 1. The molecule has 1 unspecified atom stereocenters. The molecule has 0 radical (unpaired) electrons. The van der Waals surface area contributed by atoms with Gasteiger partial charge in [0.1, 0.15) is 11.4 Å². The van der Waals surface area contributed by atoms with Crippen LogP contribution in [0.2, 0.25) is 0 Å². The second-order valence-corrected chi connectivity index (χ2v) is 9.00. The molecule has 2 N–H and O–H groups in total. The summed E-state index contributed by atoms with van der Waals surface area (Å²) in [7, 11) is -1.41. The van der Waals surface area contributed by atoms with Gasteiger partial charge in [-0.25, -0.2) is 9.59 Å². The molecule has 9 nitrogen and oxygen atoms in total. The first-order chi connectivity index (χ1) is 16.3. The number of carbonyl (C=O) groups excluding carboxylic acids is 2. The number of carbonyl (C=O) groups is 2. The van der Waals surface area contributed by atoms with E-state index in [-0.39, 0.29) is 24.5 Å². The van der Waals surface area contributed by atoms with E-state index in [0.29, 0.717) is 10.6 Å². The van der Waals surface area contributed by atoms with Gasteiger partial charge in [-0.2, -0.15) is 0 Å². The molecule has 0 amide bonds. The number of nitrogens with zero attached hydrogens (tertiary/aromatic N) is 2. The summed E-state index contributed by atoms with van der Waals surface area (Å²) in [6.45, 7) is 2.64. The summed E-state index contributed by atoms with van der Waals surface area (Å²) in [6.07, 6.45) is 0. The SMILES string of the molecule is CCn1c(=O)c(C(=O)COC(=O)c2ccccc2S(=O)CC)c(N)n(Cc2ccccc2)c1=O. The lowest BCUT2D eigenvalue weighted by Crippen LogP contribution is -2.44. The van der Waals surface area contributed by atoms with Crippen molar-refractivity contribution < 1.29 is 18.5 Å². The number of nitrogen functional groups attached to an aromatic ring is 1. The van der Waals surface area contributed by atoms with Crippen LogP contribution in [-0.4, -0.2) is 37.5 Å². The third-order valence-corrected chi connectivity index (χ3v) is 6.57. The van der Waals surface area contributed by atoms with E-state index in [1.54, 1.807) is 56.3 Å². The van der Waals surface area contributed by atoms with Crippen molar-refractivity contribution in [3.05, 3.63) is 92.1 Å². The summed E-state index contributed by atoms with van der Waals surface area (Å²) in [4.78, 5) is 51.5. The normalized spacial score (nSPS) is 11.7. The summed E-state index contributed by atoms with van der Waals surface area (Å²) >= 11 is 0. The Bertz CT molecular complexity index is 1360. The Balaban J connectivity index is 1.93. The molecule has 1 heterocycles. The smallest absolute Gasteiger partial charge is 0.339 e. The van der Waals surface area contributed by atoms with E-state index in [1.165, 1.54) is 6.07 Å². The van der Waals surface area contributed by atoms with Gasteiger partial charge in [-0.3, -0.25) is 22.9 Å². The Morgan fingerprint density at radius 2 is 1.62 bits per heavy atom. The predicted octanol–water partition coefficient (Wildman–Crippen LogP) is 1.83. The standard InChI is InChI=1S/C24H25N3O6S/c1-3-26-22(29)20(21(25)27(24(26)31)14-16-10-6-5-7-11-16)18(28)15-33-23(30)17-12-8-9-13-19(17)34(32)4-2/h5-13H,3-4,14-15,25H2,1-2H3. The van der Waals surface area contributed by atoms with E-state index >= 15 is 0 Å². The Morgan fingerprint density at radius 1 is 0.971 bits per heavy atom. The molecule has 1 aromatic heterocycles. The Morgan fingerprint density at radius 3 is 2.26 bits per heavy atom. The molecule has 1 atom stereocenters. The summed E-state index contributed by atoms with van der Waals surface area (Å²) < 4.78 is 19.4. The van der Waals surface area contributed by atoms with Gasteiger partial charge in [0.25, 0.3) is 5.56 Å². The van der Waals surface area contributed by atoms with Crippen LogP contribution in [0, 0.1) is 0 Å². The molecule has 10 heteroatoms. The molecule has 0 aliphatic heterocycles. The maximum atomic E-state index is 12.9. The average Bonchev–Trinajstić information content (AvgIpc) is 2.85. The quantitative estimate of drug-likeness (QED) is 0.363. The summed E-state index contributed by atoms with van der Waals surface area (Å²) in [5.41, 5.74) is 5.02. The van der Waals surface area contributed by atoms with Crippen LogP contribution in [0.25, 0.3) is 0 Å². The van der Waals surface area contributed by atoms with Crippen LogP contribution in [0.5, 0.6) is 0 Å². The zero-order valence-electron chi connectivity index (χ0n) is 18.9. The van der Waals surface area contributed by atoms with Gasteiger partial charge < -0.3 is 10.5 Å². The summed E-state index contributed by atoms with van der Waals surface area (Å²) in [6, 6.07) is 15.2. The molecular formula is C24H25N3O6S. The highest BCUT2D eigenvalue weighted by atomic mass is 32.2. The fraction of sp³-hybridized carbons (Fsp3) is 0.250. The first-order valence-corrected chi connectivity index (χ1v) is 12.0. The lowest BCUT2D eigenvalue weighted by atomic mass is 10.1. The second kappa shape index (κ2) is 10.9. The van der Waals surface area contributed by atoms with Crippen molar-refractivity contribution in [2.75, 3.05) is 18.1 Å². The Hall–Kier alpha value is -3.79. The van der Waals surface area contributed by atoms with Crippen LogP contribution in [0.3, 0.4) is 0 Å². The minimum Gasteiger partial charge on any atom is -0.454 e. The van der Waals surface area contributed by atoms with E-state index in [2.05, 4.69) is 0 Å². The van der Waals surface area contributed by atoms with Crippen molar-refractivity contribution in [2.24, 2.45) is 0 Å². The van der Waals surface area contributed by atoms with Crippen molar-refractivity contribution >= 4 is 28.4 Å². The topological polar surface area (TPSA) is 130 Å². The summed E-state index contributed by atoms with van der Waals surface area (Å²) in [5, 5.41) is 0. The fourth-order valence-electron chi connectivity index (χ4n) is 3.45. The van der Waals surface area contributed by atoms with Gasteiger partial charge in [0.05, 0.1) is 27.8 Å².